The minimum absolute atomic E-state index is 0.197. The number of carbonyl (C=O) groups excluding carboxylic acids is 2. The molecule has 0 aliphatic rings. The maximum atomic E-state index is 13.1. The van der Waals surface area contributed by atoms with E-state index < -0.39 is 5.91 Å². The third kappa shape index (κ3) is 4.91. The molecule has 0 saturated heterocycles. The first-order valence-corrected chi connectivity index (χ1v) is 9.12. The lowest BCUT2D eigenvalue weighted by Gasteiger charge is -2.08. The molecule has 3 amide bonds. The zero-order valence-corrected chi connectivity index (χ0v) is 16.5. The van der Waals surface area contributed by atoms with Gasteiger partial charge < -0.3 is 16.0 Å². The molecule has 150 valence electrons. The molecule has 3 rings (SSSR count). The SMILES string of the molecule is CNC(=O)Nc1ccc(NC(=O)c2c(C)nn(Cc3ccc(F)cc3)c2Cl)cc1. The van der Waals surface area contributed by atoms with Gasteiger partial charge in [0.2, 0.25) is 0 Å². The Morgan fingerprint density at radius 2 is 1.62 bits per heavy atom. The van der Waals surface area contributed by atoms with E-state index in [0.29, 0.717) is 23.6 Å². The van der Waals surface area contributed by atoms with Crippen LogP contribution in [0, 0.1) is 12.7 Å². The summed E-state index contributed by atoms with van der Waals surface area (Å²) in [6.45, 7) is 2.01. The van der Waals surface area contributed by atoms with E-state index >= 15 is 0 Å². The summed E-state index contributed by atoms with van der Waals surface area (Å²) in [4.78, 5) is 24.0. The molecule has 3 aromatic rings. The van der Waals surface area contributed by atoms with E-state index in [2.05, 4.69) is 21.0 Å². The molecule has 0 fully saturated rings. The zero-order chi connectivity index (χ0) is 21.0. The van der Waals surface area contributed by atoms with Crippen LogP contribution >= 0.6 is 11.6 Å². The number of amides is 3. The van der Waals surface area contributed by atoms with E-state index in [1.807, 2.05) is 0 Å². The van der Waals surface area contributed by atoms with Crippen LogP contribution in [0.4, 0.5) is 20.6 Å². The van der Waals surface area contributed by atoms with Gasteiger partial charge in [0.25, 0.3) is 5.91 Å². The van der Waals surface area contributed by atoms with E-state index in [4.69, 9.17) is 11.6 Å². The molecule has 2 aromatic carbocycles. The van der Waals surface area contributed by atoms with Gasteiger partial charge in [0.05, 0.1) is 17.8 Å². The van der Waals surface area contributed by atoms with Crippen LogP contribution in [0.25, 0.3) is 0 Å². The van der Waals surface area contributed by atoms with Gasteiger partial charge in [-0.2, -0.15) is 5.10 Å². The van der Waals surface area contributed by atoms with E-state index in [0.717, 1.165) is 5.56 Å². The Bertz CT molecular complexity index is 1030. The summed E-state index contributed by atoms with van der Waals surface area (Å²) in [5, 5.41) is 12.4. The second-order valence-corrected chi connectivity index (χ2v) is 6.63. The summed E-state index contributed by atoms with van der Waals surface area (Å²) in [5.74, 6) is -0.724. The van der Waals surface area contributed by atoms with Crippen LogP contribution in [0.5, 0.6) is 0 Å². The predicted octanol–water partition coefficient (Wildman–Crippen LogP) is 4.04. The topological polar surface area (TPSA) is 88.1 Å². The summed E-state index contributed by atoms with van der Waals surface area (Å²) < 4.78 is 14.6. The highest BCUT2D eigenvalue weighted by atomic mass is 35.5. The molecule has 0 unspecified atom stereocenters. The third-order valence-electron chi connectivity index (χ3n) is 4.17. The number of benzene rings is 2. The van der Waals surface area contributed by atoms with Crippen molar-refractivity contribution in [3.63, 3.8) is 0 Å². The maximum Gasteiger partial charge on any atom is 0.318 e. The number of carbonyl (C=O) groups is 2. The lowest BCUT2D eigenvalue weighted by Crippen LogP contribution is -2.24. The molecule has 0 radical (unpaired) electrons. The number of halogens is 2. The van der Waals surface area contributed by atoms with Gasteiger partial charge >= 0.3 is 6.03 Å². The van der Waals surface area contributed by atoms with E-state index in [1.54, 1.807) is 43.3 Å². The lowest BCUT2D eigenvalue weighted by atomic mass is 10.2. The Morgan fingerprint density at radius 1 is 1.03 bits per heavy atom. The van der Waals surface area contributed by atoms with Crippen molar-refractivity contribution in [2.45, 2.75) is 13.5 Å². The molecule has 0 aliphatic carbocycles. The first kappa shape index (κ1) is 20.3. The molecule has 0 aliphatic heterocycles. The van der Waals surface area contributed by atoms with Crippen molar-refractivity contribution in [3.8, 4) is 0 Å². The average molecular weight is 416 g/mol. The summed E-state index contributed by atoms with van der Waals surface area (Å²) in [5.41, 5.74) is 2.68. The molecule has 1 heterocycles. The van der Waals surface area contributed by atoms with Crippen molar-refractivity contribution < 1.29 is 14.0 Å². The van der Waals surface area contributed by atoms with Crippen molar-refractivity contribution in [1.29, 1.82) is 0 Å². The molecule has 0 atom stereocenters. The summed E-state index contributed by atoms with van der Waals surface area (Å²) >= 11 is 6.38. The van der Waals surface area contributed by atoms with Gasteiger partial charge in [-0.05, 0) is 48.9 Å². The molecule has 0 spiro atoms. The smallest absolute Gasteiger partial charge is 0.318 e. The Kier molecular flexibility index (Phi) is 6.13. The Labute approximate surface area is 171 Å². The monoisotopic (exact) mass is 415 g/mol. The lowest BCUT2D eigenvalue weighted by molar-refractivity contribution is 0.102. The summed E-state index contributed by atoms with van der Waals surface area (Å²) in [7, 11) is 1.52. The maximum absolute atomic E-state index is 13.1. The van der Waals surface area contributed by atoms with Crippen LogP contribution in [0.3, 0.4) is 0 Å². The minimum Gasteiger partial charge on any atom is -0.341 e. The van der Waals surface area contributed by atoms with Gasteiger partial charge in [-0.3, -0.25) is 4.79 Å². The van der Waals surface area contributed by atoms with Crippen LogP contribution < -0.4 is 16.0 Å². The number of rotatable bonds is 5. The molecule has 9 heteroatoms. The normalized spacial score (nSPS) is 10.5. The highest BCUT2D eigenvalue weighted by Gasteiger charge is 2.20. The number of aryl methyl sites for hydroxylation is 1. The number of nitrogens with zero attached hydrogens (tertiary/aromatic N) is 2. The van der Waals surface area contributed by atoms with Crippen molar-refractivity contribution in [3.05, 3.63) is 76.3 Å². The molecule has 1 aromatic heterocycles. The summed E-state index contributed by atoms with van der Waals surface area (Å²) in [6, 6.07) is 12.3. The van der Waals surface area contributed by atoms with Crippen LogP contribution in [0.1, 0.15) is 21.6 Å². The quantitative estimate of drug-likeness (QED) is 0.587. The van der Waals surface area contributed by atoms with Crippen LogP contribution in [0.15, 0.2) is 48.5 Å². The Balaban J connectivity index is 1.73. The fraction of sp³-hybridized carbons (Fsp3) is 0.150. The molecule has 0 saturated carbocycles. The fourth-order valence-corrected chi connectivity index (χ4v) is 3.02. The fourth-order valence-electron chi connectivity index (χ4n) is 2.70. The molecule has 3 N–H and O–H groups in total. The van der Waals surface area contributed by atoms with E-state index in [9.17, 15) is 14.0 Å². The van der Waals surface area contributed by atoms with Gasteiger partial charge in [-0.1, -0.05) is 23.7 Å². The second kappa shape index (κ2) is 8.74. The molecular formula is C20H19ClFN5O2. The highest BCUT2D eigenvalue weighted by Crippen LogP contribution is 2.23. The summed E-state index contributed by atoms with van der Waals surface area (Å²) in [6.07, 6.45) is 0. The van der Waals surface area contributed by atoms with Crippen LogP contribution in [-0.2, 0) is 6.54 Å². The predicted molar refractivity (Wildman–Crippen MR) is 110 cm³/mol. The number of nitrogens with one attached hydrogen (secondary N) is 3. The molecule has 7 nitrogen and oxygen atoms in total. The van der Waals surface area contributed by atoms with Gasteiger partial charge in [-0.15, -0.1) is 0 Å². The van der Waals surface area contributed by atoms with Gasteiger partial charge in [0.15, 0.2) is 0 Å². The number of hydrogen-bond donors (Lipinski definition) is 3. The number of hydrogen-bond acceptors (Lipinski definition) is 3. The van der Waals surface area contributed by atoms with Crippen molar-refractivity contribution in [2.75, 3.05) is 17.7 Å². The van der Waals surface area contributed by atoms with Crippen molar-refractivity contribution in [2.24, 2.45) is 0 Å². The van der Waals surface area contributed by atoms with Gasteiger partial charge in [0, 0.05) is 18.4 Å². The molecule has 29 heavy (non-hydrogen) atoms. The first-order valence-electron chi connectivity index (χ1n) is 8.75. The van der Waals surface area contributed by atoms with Crippen LogP contribution in [0.2, 0.25) is 5.15 Å². The third-order valence-corrected chi connectivity index (χ3v) is 4.55. The van der Waals surface area contributed by atoms with E-state index in [1.165, 1.54) is 23.9 Å². The second-order valence-electron chi connectivity index (χ2n) is 6.27. The van der Waals surface area contributed by atoms with Gasteiger partial charge in [0.1, 0.15) is 11.0 Å². The Hall–Kier alpha value is -3.39. The average Bonchev–Trinajstić information content (AvgIpc) is 2.98. The number of aromatic nitrogens is 2. The molecule has 0 bridgehead atoms. The van der Waals surface area contributed by atoms with Crippen LogP contribution in [-0.4, -0.2) is 28.8 Å². The van der Waals surface area contributed by atoms with Gasteiger partial charge in [-0.25, -0.2) is 13.9 Å². The van der Waals surface area contributed by atoms with E-state index in [-0.39, 0.29) is 22.6 Å². The number of urea groups is 1. The standard InChI is InChI=1S/C20H19ClFN5O2/c1-12-17(18(21)27(26-12)11-13-3-5-14(22)6-4-13)19(28)24-15-7-9-16(10-8-15)25-20(29)23-2/h3-10H,11H2,1-2H3,(H,24,28)(H2,23,25,29). The van der Waals surface area contributed by atoms with Crippen molar-refractivity contribution >= 4 is 34.9 Å². The number of anilines is 2. The first-order chi connectivity index (χ1) is 13.9. The Morgan fingerprint density at radius 3 is 2.21 bits per heavy atom. The van der Waals surface area contributed by atoms with Crippen molar-refractivity contribution in [1.82, 2.24) is 15.1 Å². The highest BCUT2D eigenvalue weighted by molar-refractivity contribution is 6.33. The molecular weight excluding hydrogens is 397 g/mol. The minimum atomic E-state index is -0.398. The zero-order valence-electron chi connectivity index (χ0n) is 15.8. The largest absolute Gasteiger partial charge is 0.341 e.